The molecule has 3 fully saturated rings. The SMILES string of the molecule is [2H]C([2H])([2H])C([2H])(C([2H])([2H])[2H])S(=O)(=O)c1ccc(-c2cnc(C3(N=C4[B]O4)[B]O3)c(-c3cc(-c4ccc(CN(C(=O)OC(C)(C)C)C5CCOCC5)cc4)no3)n2)cc1. The van der Waals surface area contributed by atoms with Crippen LogP contribution in [0.2, 0.25) is 0 Å². The summed E-state index contributed by atoms with van der Waals surface area (Å²) in [7, 11) is -2.38. The van der Waals surface area contributed by atoms with E-state index < -0.39 is 51.0 Å². The predicted octanol–water partition coefficient (Wildman–Crippen LogP) is 5.33. The molecule has 0 spiro atoms. The van der Waals surface area contributed by atoms with Gasteiger partial charge in [-0.1, -0.05) is 41.6 Å². The third-order valence-electron chi connectivity index (χ3n) is 8.29. The number of hydrogen-bond acceptors (Lipinski definition) is 12. The number of rotatable bonds is 10. The number of aromatic nitrogens is 3. The van der Waals surface area contributed by atoms with Crippen molar-refractivity contribution >= 4 is 36.7 Å². The number of amides is 1. The maximum Gasteiger partial charge on any atom is 0.474 e. The fraction of sp³-hybridized carbons (Fsp3) is 0.400. The topological polar surface area (TPSA) is 162 Å². The molecule has 13 nitrogen and oxygen atoms in total. The summed E-state index contributed by atoms with van der Waals surface area (Å²) in [5, 5.41) is 0.459. The zero-order chi connectivity index (χ0) is 41.9. The van der Waals surface area contributed by atoms with Crippen LogP contribution in [0.1, 0.15) is 68.2 Å². The summed E-state index contributed by atoms with van der Waals surface area (Å²) in [4.78, 5) is 28.1. The van der Waals surface area contributed by atoms with Gasteiger partial charge in [-0.25, -0.2) is 23.2 Å². The smallest absolute Gasteiger partial charge is 0.474 e. The Morgan fingerprint density at radius 3 is 2.41 bits per heavy atom. The maximum atomic E-state index is 13.4. The van der Waals surface area contributed by atoms with Crippen LogP contribution in [0, 0.1) is 0 Å². The number of carbonyl (C=O) groups is 1. The first kappa shape index (κ1) is 27.2. The lowest BCUT2D eigenvalue weighted by Gasteiger charge is -2.35. The summed E-state index contributed by atoms with van der Waals surface area (Å²) in [6.07, 6.45) is 2.39. The van der Waals surface area contributed by atoms with Gasteiger partial charge in [0.15, 0.2) is 27.0 Å². The van der Waals surface area contributed by atoms with Crippen molar-refractivity contribution in [3.8, 4) is 34.0 Å². The van der Waals surface area contributed by atoms with Crippen LogP contribution in [-0.4, -0.2) is 85.4 Å². The molecule has 51 heavy (non-hydrogen) atoms. The lowest BCUT2D eigenvalue weighted by atomic mass is 9.91. The first-order chi connectivity index (χ1) is 27.1. The van der Waals surface area contributed by atoms with Crippen molar-refractivity contribution < 1.29 is 46.1 Å². The Labute approximate surface area is 308 Å². The van der Waals surface area contributed by atoms with Crippen molar-refractivity contribution in [1.82, 2.24) is 20.0 Å². The van der Waals surface area contributed by atoms with Crippen molar-refractivity contribution in [2.45, 2.75) is 81.3 Å². The zero-order valence-electron chi connectivity index (χ0n) is 35.0. The molecular weight excluding hydrogens is 672 g/mol. The molecule has 0 saturated carbocycles. The van der Waals surface area contributed by atoms with Gasteiger partial charge in [-0.15, -0.1) is 0 Å². The molecular formula is C35H37B2N5O8S. The van der Waals surface area contributed by atoms with Crippen LogP contribution in [0.4, 0.5) is 4.79 Å². The van der Waals surface area contributed by atoms with Crippen molar-refractivity contribution in [2.75, 3.05) is 13.2 Å². The monoisotopic (exact) mass is 716 g/mol. The summed E-state index contributed by atoms with van der Waals surface area (Å²) < 4.78 is 109. The van der Waals surface area contributed by atoms with Gasteiger partial charge < -0.3 is 28.2 Å². The standard InChI is InChI=1S/C35H37B2N5O8S/c1-21(2)51(44,45)26-12-10-24(11-13-26)28-19-38-31(35(37-50-35)40-32-36-48-32)30(39-28)29-18-27(41-49-29)23-8-6-22(7-9-23)20-42(25-14-16-46-17-15-25)33(43)47-34(3,4)5/h6-13,18-19,21,25H,14-17,20H2,1-5H3/i1D3,2D3,21D. The highest BCUT2D eigenvalue weighted by atomic mass is 32.2. The van der Waals surface area contributed by atoms with Gasteiger partial charge in [-0.3, -0.25) is 4.98 Å². The molecule has 3 aliphatic rings. The Balaban J connectivity index is 1.18. The first-order valence-corrected chi connectivity index (χ1v) is 17.6. The summed E-state index contributed by atoms with van der Waals surface area (Å²) >= 11 is 0. The van der Waals surface area contributed by atoms with E-state index in [1.807, 2.05) is 45.0 Å². The number of nitrogens with zero attached hydrogens (tertiary/aromatic N) is 5. The van der Waals surface area contributed by atoms with E-state index in [1.54, 1.807) is 11.0 Å². The summed E-state index contributed by atoms with van der Waals surface area (Å²) in [6.45, 7) is -0.450. The van der Waals surface area contributed by atoms with E-state index in [1.165, 1.54) is 33.3 Å². The molecule has 2 aromatic heterocycles. The van der Waals surface area contributed by atoms with Gasteiger partial charge in [0.25, 0.3) is 0 Å². The van der Waals surface area contributed by atoms with E-state index in [4.69, 9.17) is 37.9 Å². The minimum absolute atomic E-state index is 0.0329. The predicted molar refractivity (Wildman–Crippen MR) is 189 cm³/mol. The van der Waals surface area contributed by atoms with Gasteiger partial charge in [0.05, 0.1) is 22.0 Å². The third kappa shape index (κ3) is 7.72. The van der Waals surface area contributed by atoms with Gasteiger partial charge >= 0.3 is 21.1 Å². The number of carbonyl (C=O) groups excluding carboxylic acids is 1. The molecule has 5 heterocycles. The van der Waals surface area contributed by atoms with Crippen LogP contribution in [0.25, 0.3) is 34.0 Å². The molecule has 1 atom stereocenters. The van der Waals surface area contributed by atoms with Crippen molar-refractivity contribution in [3.63, 3.8) is 0 Å². The highest BCUT2D eigenvalue weighted by molar-refractivity contribution is 7.92. The molecule has 0 N–H and O–H groups in total. The second-order valence-corrected chi connectivity index (χ2v) is 15.0. The van der Waals surface area contributed by atoms with Crippen molar-refractivity contribution in [3.05, 3.63) is 72.1 Å². The minimum Gasteiger partial charge on any atom is -0.549 e. The highest BCUT2D eigenvalue weighted by Gasteiger charge is 2.54. The van der Waals surface area contributed by atoms with E-state index in [2.05, 4.69) is 15.1 Å². The van der Waals surface area contributed by atoms with Crippen LogP contribution in [0.15, 0.2) is 75.2 Å². The quantitative estimate of drug-likeness (QED) is 0.154. The Bertz CT molecular complexity index is 2310. The van der Waals surface area contributed by atoms with Crippen LogP contribution in [0.3, 0.4) is 0 Å². The van der Waals surface area contributed by atoms with E-state index in [-0.39, 0.29) is 28.9 Å². The van der Waals surface area contributed by atoms with Crippen molar-refractivity contribution in [1.29, 1.82) is 0 Å². The molecule has 3 saturated heterocycles. The van der Waals surface area contributed by atoms with Crippen LogP contribution < -0.4 is 0 Å². The van der Waals surface area contributed by atoms with Gasteiger partial charge in [0.1, 0.15) is 22.7 Å². The lowest BCUT2D eigenvalue weighted by Crippen LogP contribution is -2.45. The normalized spacial score (nSPS) is 22.3. The van der Waals surface area contributed by atoms with Crippen LogP contribution in [0.5, 0.6) is 0 Å². The number of benzene rings is 2. The van der Waals surface area contributed by atoms with Gasteiger partial charge in [0.2, 0.25) is 0 Å². The molecule has 1 amide bonds. The summed E-state index contributed by atoms with van der Waals surface area (Å²) in [6, 6.07) is 13.7. The molecule has 2 radical (unpaired) electrons. The van der Waals surface area contributed by atoms with Crippen LogP contribution in [-0.2, 0) is 40.8 Å². The molecule has 0 bridgehead atoms. The number of ether oxygens (including phenoxy) is 2. The summed E-state index contributed by atoms with van der Waals surface area (Å²) in [5.74, 6) is 0.499. The number of aliphatic imine (C=N–C) groups is 1. The molecule has 262 valence electrons. The van der Waals surface area contributed by atoms with E-state index in [0.29, 0.717) is 55.2 Å². The van der Waals surface area contributed by atoms with Gasteiger partial charge in [0, 0.05) is 52.6 Å². The maximum absolute atomic E-state index is 13.4. The fourth-order valence-corrected chi connectivity index (χ4v) is 6.29. The van der Waals surface area contributed by atoms with E-state index in [9.17, 15) is 13.2 Å². The fourth-order valence-electron chi connectivity index (χ4n) is 5.56. The Hall–Kier alpha value is -4.53. The lowest BCUT2D eigenvalue weighted by molar-refractivity contribution is -0.00809. The number of hydrogen-bond donors (Lipinski definition) is 0. The van der Waals surface area contributed by atoms with Crippen molar-refractivity contribution in [2.24, 2.45) is 4.99 Å². The molecule has 4 aromatic rings. The molecule has 2 aromatic carbocycles. The first-order valence-electron chi connectivity index (χ1n) is 19.6. The highest BCUT2D eigenvalue weighted by Crippen LogP contribution is 2.43. The van der Waals surface area contributed by atoms with Crippen LogP contribution >= 0.6 is 0 Å². The molecule has 16 heteroatoms. The Kier molecular flexibility index (Phi) is 7.22. The Morgan fingerprint density at radius 2 is 1.78 bits per heavy atom. The molecule has 0 aliphatic carbocycles. The Morgan fingerprint density at radius 1 is 1.12 bits per heavy atom. The average Bonchev–Trinajstić information content (AvgIpc) is 4.10. The van der Waals surface area contributed by atoms with E-state index >= 15 is 0 Å². The zero-order valence-corrected chi connectivity index (χ0v) is 28.8. The largest absolute Gasteiger partial charge is 0.549 e. The molecule has 3 aliphatic heterocycles. The minimum atomic E-state index is -5.23. The molecule has 1 unspecified atom stereocenters. The second-order valence-electron chi connectivity index (χ2n) is 13.2. The van der Waals surface area contributed by atoms with Gasteiger partial charge in [-0.2, -0.15) is 0 Å². The summed E-state index contributed by atoms with van der Waals surface area (Å²) in [5.41, 5.74) is 0.941. The third-order valence-corrected chi connectivity index (χ3v) is 9.72. The number of sulfone groups is 1. The van der Waals surface area contributed by atoms with Gasteiger partial charge in [-0.05, 0) is 65.0 Å². The average molecular weight is 716 g/mol. The second kappa shape index (κ2) is 13.5. The molecule has 7 rings (SSSR count). The van der Waals surface area contributed by atoms with E-state index in [0.717, 1.165) is 17.7 Å².